The lowest BCUT2D eigenvalue weighted by atomic mass is 10.6. The molecule has 0 aliphatic rings. The molecule has 0 unspecified atom stereocenters. The van der Waals surface area contributed by atoms with Crippen LogP contribution < -0.4 is 11.1 Å². The molecule has 0 radical (unpaired) electrons. The lowest BCUT2D eigenvalue weighted by molar-refractivity contribution is 1.13. The zero-order valence-electron chi connectivity index (χ0n) is 7.25. The van der Waals surface area contributed by atoms with Gasteiger partial charge in [-0.2, -0.15) is 4.98 Å². The lowest BCUT2D eigenvalue weighted by Gasteiger charge is -2.02. The van der Waals surface area contributed by atoms with E-state index in [0.29, 0.717) is 17.6 Å². The molecule has 6 heteroatoms. The minimum absolute atomic E-state index is 0.408. The first-order valence-corrected chi connectivity index (χ1v) is 3.96. The highest BCUT2D eigenvalue weighted by molar-refractivity contribution is 5.47. The Morgan fingerprint density at radius 2 is 2.07 bits per heavy atom. The quantitative estimate of drug-likeness (QED) is 0.717. The van der Waals surface area contributed by atoms with Gasteiger partial charge in [0.05, 0.1) is 6.20 Å². The first kappa shape index (κ1) is 8.36. The molecule has 2 rings (SSSR count). The van der Waals surface area contributed by atoms with Crippen LogP contribution in [0.25, 0.3) is 0 Å². The van der Waals surface area contributed by atoms with Crippen molar-refractivity contribution in [1.82, 2.24) is 19.9 Å². The minimum Gasteiger partial charge on any atom is -0.384 e. The Kier molecular flexibility index (Phi) is 2.18. The van der Waals surface area contributed by atoms with Gasteiger partial charge in [-0.05, 0) is 6.07 Å². The molecule has 2 heterocycles. The number of rotatable bonds is 2. The van der Waals surface area contributed by atoms with Gasteiger partial charge in [0, 0.05) is 18.6 Å². The number of nitrogens with zero attached hydrogens (tertiary/aromatic N) is 4. The molecule has 70 valence electrons. The average Bonchev–Trinajstić information content (AvgIpc) is 2.19. The van der Waals surface area contributed by atoms with E-state index in [1.165, 1.54) is 0 Å². The van der Waals surface area contributed by atoms with Crippen molar-refractivity contribution in [3.63, 3.8) is 0 Å². The summed E-state index contributed by atoms with van der Waals surface area (Å²) in [7, 11) is 0. The predicted octanol–water partition coefficient (Wildman–Crippen LogP) is 0.592. The molecular formula is C8H8N6. The molecule has 3 N–H and O–H groups in total. The van der Waals surface area contributed by atoms with Crippen molar-refractivity contribution in [1.29, 1.82) is 0 Å². The summed E-state index contributed by atoms with van der Waals surface area (Å²) in [5, 5.41) is 2.87. The largest absolute Gasteiger partial charge is 0.384 e. The number of hydrogen-bond acceptors (Lipinski definition) is 6. The summed E-state index contributed by atoms with van der Waals surface area (Å²) in [5.41, 5.74) is 5.49. The normalized spacial score (nSPS) is 9.71. The first-order chi connectivity index (χ1) is 6.84. The Labute approximate surface area is 80.3 Å². The van der Waals surface area contributed by atoms with Crippen LogP contribution in [0, 0.1) is 0 Å². The van der Waals surface area contributed by atoms with Crippen LogP contribution in [0.5, 0.6) is 0 Å². The summed E-state index contributed by atoms with van der Waals surface area (Å²) < 4.78 is 0. The van der Waals surface area contributed by atoms with Crippen molar-refractivity contribution in [2.45, 2.75) is 0 Å². The molecule has 0 spiro atoms. The number of aromatic nitrogens is 4. The van der Waals surface area contributed by atoms with Crippen molar-refractivity contribution in [2.24, 2.45) is 0 Å². The number of nitrogens with two attached hydrogens (primary N) is 1. The molecular weight excluding hydrogens is 180 g/mol. The molecule has 0 bridgehead atoms. The highest BCUT2D eigenvalue weighted by atomic mass is 15.1. The molecule has 0 aliphatic heterocycles. The van der Waals surface area contributed by atoms with Gasteiger partial charge in [0.15, 0.2) is 5.82 Å². The molecule has 0 amide bonds. The highest BCUT2D eigenvalue weighted by Gasteiger charge is 1.97. The van der Waals surface area contributed by atoms with Crippen LogP contribution in [-0.2, 0) is 0 Å². The Bertz CT molecular complexity index is 415. The van der Waals surface area contributed by atoms with Gasteiger partial charge in [0.2, 0.25) is 5.95 Å². The second kappa shape index (κ2) is 3.65. The number of anilines is 3. The zero-order chi connectivity index (χ0) is 9.80. The van der Waals surface area contributed by atoms with Gasteiger partial charge < -0.3 is 11.1 Å². The number of nitrogens with one attached hydrogen (secondary N) is 1. The number of nitrogen functional groups attached to an aromatic ring is 1. The number of hydrogen-bond donors (Lipinski definition) is 2. The van der Waals surface area contributed by atoms with Gasteiger partial charge in [-0.25, -0.2) is 9.97 Å². The van der Waals surface area contributed by atoms with Crippen molar-refractivity contribution < 1.29 is 0 Å². The fraction of sp³-hybridized carbons (Fsp3) is 0. The predicted molar refractivity (Wildman–Crippen MR) is 51.8 cm³/mol. The molecule has 2 aromatic heterocycles. The van der Waals surface area contributed by atoms with Crippen LogP contribution in [0.2, 0.25) is 0 Å². The third kappa shape index (κ3) is 1.92. The second-order valence-electron chi connectivity index (χ2n) is 2.52. The molecule has 2 aromatic rings. The molecule has 0 atom stereocenters. The van der Waals surface area contributed by atoms with Crippen LogP contribution in [0.4, 0.5) is 17.6 Å². The van der Waals surface area contributed by atoms with Crippen LogP contribution >= 0.6 is 0 Å². The van der Waals surface area contributed by atoms with E-state index in [4.69, 9.17) is 5.73 Å². The van der Waals surface area contributed by atoms with Crippen LogP contribution in [0.15, 0.2) is 30.9 Å². The maximum atomic E-state index is 5.49. The van der Waals surface area contributed by atoms with E-state index in [-0.39, 0.29) is 0 Å². The highest BCUT2D eigenvalue weighted by Crippen LogP contribution is 2.07. The summed E-state index contributed by atoms with van der Waals surface area (Å²) in [6.07, 6.45) is 6.31. The third-order valence-corrected chi connectivity index (χ3v) is 1.48. The van der Waals surface area contributed by atoms with Crippen LogP contribution in [0.1, 0.15) is 0 Å². The molecule has 0 fully saturated rings. The van der Waals surface area contributed by atoms with Gasteiger partial charge in [-0.15, -0.1) is 0 Å². The molecule has 0 saturated carbocycles. The van der Waals surface area contributed by atoms with E-state index in [0.717, 1.165) is 0 Å². The maximum Gasteiger partial charge on any atom is 0.230 e. The standard InChI is InChI=1S/C8H8N6/c9-6-1-2-12-8(13-6)14-7-5-10-3-4-11-7/h1-5H,(H3,9,11,12,13,14). The van der Waals surface area contributed by atoms with Gasteiger partial charge in [-0.1, -0.05) is 0 Å². The Balaban J connectivity index is 2.19. The molecule has 0 aromatic carbocycles. The van der Waals surface area contributed by atoms with Crippen molar-refractivity contribution in [3.8, 4) is 0 Å². The molecule has 6 nitrogen and oxygen atoms in total. The minimum atomic E-state index is 0.408. The average molecular weight is 188 g/mol. The Morgan fingerprint density at radius 1 is 1.14 bits per heavy atom. The first-order valence-electron chi connectivity index (χ1n) is 3.96. The van der Waals surface area contributed by atoms with Gasteiger partial charge in [-0.3, -0.25) is 4.98 Å². The smallest absolute Gasteiger partial charge is 0.230 e. The molecule has 14 heavy (non-hydrogen) atoms. The lowest BCUT2D eigenvalue weighted by Crippen LogP contribution is -2.00. The summed E-state index contributed by atoms with van der Waals surface area (Å²) in [4.78, 5) is 15.8. The van der Waals surface area contributed by atoms with Crippen molar-refractivity contribution in [3.05, 3.63) is 30.9 Å². The van der Waals surface area contributed by atoms with E-state index in [2.05, 4.69) is 25.3 Å². The van der Waals surface area contributed by atoms with Gasteiger partial charge in [0.1, 0.15) is 5.82 Å². The monoisotopic (exact) mass is 188 g/mol. The van der Waals surface area contributed by atoms with E-state index in [1.54, 1.807) is 30.9 Å². The maximum absolute atomic E-state index is 5.49. The van der Waals surface area contributed by atoms with E-state index in [9.17, 15) is 0 Å². The van der Waals surface area contributed by atoms with Crippen LogP contribution in [0.3, 0.4) is 0 Å². The molecule has 0 saturated heterocycles. The fourth-order valence-corrected chi connectivity index (χ4v) is 0.911. The summed E-state index contributed by atoms with van der Waals surface area (Å²) in [6.45, 7) is 0. The topological polar surface area (TPSA) is 89.6 Å². The third-order valence-electron chi connectivity index (χ3n) is 1.48. The van der Waals surface area contributed by atoms with E-state index >= 15 is 0 Å². The van der Waals surface area contributed by atoms with Crippen molar-refractivity contribution >= 4 is 17.6 Å². The van der Waals surface area contributed by atoms with Crippen LogP contribution in [-0.4, -0.2) is 19.9 Å². The SMILES string of the molecule is Nc1ccnc(Nc2cnccn2)n1. The van der Waals surface area contributed by atoms with Crippen molar-refractivity contribution in [2.75, 3.05) is 11.1 Å². The summed E-state index contributed by atoms with van der Waals surface area (Å²) in [6, 6.07) is 1.61. The summed E-state index contributed by atoms with van der Waals surface area (Å²) in [5.74, 6) is 1.40. The van der Waals surface area contributed by atoms with Gasteiger partial charge in [0.25, 0.3) is 0 Å². The molecule has 0 aliphatic carbocycles. The Morgan fingerprint density at radius 3 is 2.79 bits per heavy atom. The van der Waals surface area contributed by atoms with Gasteiger partial charge >= 0.3 is 0 Å². The van der Waals surface area contributed by atoms with E-state index < -0.39 is 0 Å². The fourth-order valence-electron chi connectivity index (χ4n) is 0.911. The zero-order valence-corrected chi connectivity index (χ0v) is 7.25. The summed E-state index contributed by atoms with van der Waals surface area (Å²) >= 11 is 0. The Hall–Kier alpha value is -2.24. The second-order valence-corrected chi connectivity index (χ2v) is 2.52. The van der Waals surface area contributed by atoms with E-state index in [1.807, 2.05) is 0 Å².